The molecule has 9 heteroatoms. The minimum Gasteiger partial charge on any atom is -0.508 e. The molecule has 1 fully saturated rings. The molecule has 0 unspecified atom stereocenters. The quantitative estimate of drug-likeness (QED) is 0.424. The van der Waals surface area contributed by atoms with Crippen LogP contribution in [0.15, 0.2) is 42.6 Å². The summed E-state index contributed by atoms with van der Waals surface area (Å²) in [6, 6.07) is 9.07. The summed E-state index contributed by atoms with van der Waals surface area (Å²) >= 11 is 6.35. The number of phenolic OH excluding ortho intramolecular Hbond substituents is 1. The van der Waals surface area contributed by atoms with Crippen LogP contribution in [0, 0.1) is 5.82 Å². The molecule has 7 nitrogen and oxygen atoms in total. The zero-order valence-corrected chi connectivity index (χ0v) is 16.4. The first-order chi connectivity index (χ1) is 14.3. The van der Waals surface area contributed by atoms with Crippen molar-refractivity contribution in [3.05, 3.63) is 64.6 Å². The van der Waals surface area contributed by atoms with Crippen LogP contribution in [-0.4, -0.2) is 61.1 Å². The normalized spacial score (nSPS) is 26.9. The molecular formula is C21H21ClFNO6. The molecule has 1 aliphatic rings. The van der Waals surface area contributed by atoms with E-state index in [0.29, 0.717) is 12.0 Å². The number of fused-ring (bicyclic) bond motifs is 1. The lowest BCUT2D eigenvalue weighted by molar-refractivity contribution is -0.250. The summed E-state index contributed by atoms with van der Waals surface area (Å²) < 4.78 is 21.9. The molecule has 2 aromatic carbocycles. The van der Waals surface area contributed by atoms with Crippen molar-refractivity contribution in [3.63, 3.8) is 0 Å². The van der Waals surface area contributed by atoms with Gasteiger partial charge in [0.05, 0.1) is 17.1 Å². The van der Waals surface area contributed by atoms with E-state index in [1.165, 1.54) is 28.8 Å². The van der Waals surface area contributed by atoms with Gasteiger partial charge in [-0.3, -0.25) is 0 Å². The lowest BCUT2D eigenvalue weighted by atomic mass is 9.98. The van der Waals surface area contributed by atoms with Crippen molar-refractivity contribution in [1.29, 1.82) is 0 Å². The molecule has 1 saturated heterocycles. The first-order valence-electron chi connectivity index (χ1n) is 9.37. The average molecular weight is 438 g/mol. The molecule has 5 N–H and O–H groups in total. The molecule has 5 atom stereocenters. The van der Waals surface area contributed by atoms with Gasteiger partial charge in [-0.2, -0.15) is 0 Å². The van der Waals surface area contributed by atoms with Crippen molar-refractivity contribution in [3.8, 4) is 5.75 Å². The maximum atomic E-state index is 14.8. The number of hydrogen-bond donors (Lipinski definition) is 5. The predicted octanol–water partition coefficient (Wildman–Crippen LogP) is 1.70. The van der Waals surface area contributed by atoms with Gasteiger partial charge >= 0.3 is 0 Å². The minimum absolute atomic E-state index is 0.108. The van der Waals surface area contributed by atoms with E-state index in [1.54, 1.807) is 18.3 Å². The molecule has 0 spiro atoms. The van der Waals surface area contributed by atoms with Gasteiger partial charge < -0.3 is 34.8 Å². The number of halogens is 2. The van der Waals surface area contributed by atoms with Gasteiger partial charge in [-0.1, -0.05) is 23.7 Å². The number of phenols is 1. The van der Waals surface area contributed by atoms with Crippen LogP contribution >= 0.6 is 11.6 Å². The SMILES string of the molecule is OC[C@H]1O[C@@H](n2cc(Cc3ccc(O)cc3)c3c(F)ccc(Cl)c32)[C@H](O)[C@@H](O)[C@@H]1O. The van der Waals surface area contributed by atoms with Crippen molar-refractivity contribution in [2.24, 2.45) is 0 Å². The topological polar surface area (TPSA) is 115 Å². The van der Waals surface area contributed by atoms with Crippen molar-refractivity contribution in [2.75, 3.05) is 6.61 Å². The highest BCUT2D eigenvalue weighted by Gasteiger charge is 2.44. The standard InChI is InChI=1S/C21H21ClFNO6/c22-13-5-6-14(23)16-11(7-10-1-3-12(26)4-2-10)8-24(17(13)16)21-20(29)19(28)18(27)15(9-25)30-21/h1-6,8,15,18-21,25-29H,7,9H2/t15-,18-,19+,20-,21-/m1/s1. The third-order valence-electron chi connectivity index (χ3n) is 5.42. The molecule has 4 rings (SSSR count). The summed E-state index contributed by atoms with van der Waals surface area (Å²) in [5, 5.41) is 50.1. The summed E-state index contributed by atoms with van der Waals surface area (Å²) in [5.74, 6) is -0.414. The first kappa shape index (κ1) is 21.0. The Morgan fingerprint density at radius 3 is 2.37 bits per heavy atom. The molecule has 0 saturated carbocycles. The molecule has 0 radical (unpaired) electrons. The maximum absolute atomic E-state index is 14.8. The van der Waals surface area contributed by atoms with E-state index in [1.807, 2.05) is 0 Å². The van der Waals surface area contributed by atoms with E-state index >= 15 is 0 Å². The number of aromatic nitrogens is 1. The fourth-order valence-corrected chi connectivity index (χ4v) is 4.13. The van der Waals surface area contributed by atoms with E-state index in [2.05, 4.69) is 0 Å². The number of aliphatic hydroxyl groups excluding tert-OH is 4. The predicted molar refractivity (Wildman–Crippen MR) is 107 cm³/mol. The van der Waals surface area contributed by atoms with E-state index in [-0.39, 0.29) is 21.7 Å². The summed E-state index contributed by atoms with van der Waals surface area (Å²) in [7, 11) is 0. The minimum atomic E-state index is -1.58. The maximum Gasteiger partial charge on any atom is 0.163 e. The largest absolute Gasteiger partial charge is 0.508 e. The van der Waals surface area contributed by atoms with E-state index < -0.39 is 43.1 Å². The lowest BCUT2D eigenvalue weighted by Crippen LogP contribution is -2.56. The van der Waals surface area contributed by atoms with Gasteiger partial charge in [-0.25, -0.2) is 4.39 Å². The Kier molecular flexibility index (Phi) is 5.71. The fourth-order valence-electron chi connectivity index (χ4n) is 3.88. The zero-order chi connectivity index (χ0) is 21.6. The Morgan fingerprint density at radius 1 is 1.00 bits per heavy atom. The number of aromatic hydroxyl groups is 1. The van der Waals surface area contributed by atoms with E-state index in [0.717, 1.165) is 5.56 Å². The number of rotatable bonds is 4. The van der Waals surface area contributed by atoms with Crippen LogP contribution in [0.2, 0.25) is 5.02 Å². The van der Waals surface area contributed by atoms with Crippen molar-refractivity contribution >= 4 is 22.5 Å². The van der Waals surface area contributed by atoms with Crippen LogP contribution < -0.4 is 0 Å². The lowest BCUT2D eigenvalue weighted by Gasteiger charge is -2.40. The summed E-state index contributed by atoms with van der Waals surface area (Å²) in [6.07, 6.45) is -5.08. The smallest absolute Gasteiger partial charge is 0.163 e. The van der Waals surface area contributed by atoms with Gasteiger partial charge in [0, 0.05) is 11.6 Å². The second-order valence-corrected chi connectivity index (χ2v) is 7.78. The molecule has 2 heterocycles. The first-order valence-corrected chi connectivity index (χ1v) is 9.75. The van der Waals surface area contributed by atoms with Crippen LogP contribution in [0.25, 0.3) is 10.9 Å². The summed E-state index contributed by atoms with van der Waals surface area (Å²) in [4.78, 5) is 0. The van der Waals surface area contributed by atoms with Crippen LogP contribution in [0.4, 0.5) is 4.39 Å². The molecule has 160 valence electrons. The highest BCUT2D eigenvalue weighted by atomic mass is 35.5. The molecule has 0 bridgehead atoms. The Bertz CT molecular complexity index is 1050. The van der Waals surface area contributed by atoms with Crippen molar-refractivity contribution < 1.29 is 34.7 Å². The highest BCUT2D eigenvalue weighted by molar-refractivity contribution is 6.35. The summed E-state index contributed by atoms with van der Waals surface area (Å²) in [6.45, 7) is -0.580. The van der Waals surface area contributed by atoms with Gasteiger partial charge in [0.2, 0.25) is 0 Å². The Morgan fingerprint density at radius 2 is 1.70 bits per heavy atom. The Labute approximate surface area is 176 Å². The second kappa shape index (κ2) is 8.14. The molecule has 30 heavy (non-hydrogen) atoms. The van der Waals surface area contributed by atoms with Gasteiger partial charge in [0.25, 0.3) is 0 Å². The third kappa shape index (κ3) is 3.56. The molecule has 0 amide bonds. The number of aliphatic hydroxyl groups is 4. The fraction of sp³-hybridized carbons (Fsp3) is 0.333. The third-order valence-corrected chi connectivity index (χ3v) is 5.73. The summed E-state index contributed by atoms with van der Waals surface area (Å²) in [5.41, 5.74) is 1.61. The van der Waals surface area contributed by atoms with Crippen molar-refractivity contribution in [2.45, 2.75) is 37.1 Å². The van der Waals surface area contributed by atoms with E-state index in [9.17, 15) is 29.9 Å². The van der Waals surface area contributed by atoms with Gasteiger partial charge in [0.1, 0.15) is 36.0 Å². The molecular weight excluding hydrogens is 417 g/mol. The molecule has 0 aliphatic carbocycles. The van der Waals surface area contributed by atoms with Gasteiger partial charge in [-0.15, -0.1) is 0 Å². The van der Waals surface area contributed by atoms with Gasteiger partial charge in [-0.05, 0) is 41.8 Å². The Balaban J connectivity index is 1.84. The number of ether oxygens (including phenoxy) is 1. The van der Waals surface area contributed by atoms with Crippen LogP contribution in [0.3, 0.4) is 0 Å². The molecule has 1 aliphatic heterocycles. The van der Waals surface area contributed by atoms with Gasteiger partial charge in [0.15, 0.2) is 6.23 Å². The monoisotopic (exact) mass is 437 g/mol. The van der Waals surface area contributed by atoms with Crippen LogP contribution in [0.5, 0.6) is 5.75 Å². The Hall–Kier alpha value is -2.20. The average Bonchev–Trinajstić information content (AvgIpc) is 3.11. The second-order valence-electron chi connectivity index (χ2n) is 7.38. The number of benzene rings is 2. The van der Waals surface area contributed by atoms with Crippen molar-refractivity contribution in [1.82, 2.24) is 4.57 Å². The molecule has 1 aromatic heterocycles. The number of nitrogens with zero attached hydrogens (tertiary/aromatic N) is 1. The van der Waals surface area contributed by atoms with E-state index in [4.69, 9.17) is 16.3 Å². The zero-order valence-electron chi connectivity index (χ0n) is 15.7. The highest BCUT2D eigenvalue weighted by Crippen LogP contribution is 2.37. The number of hydrogen-bond acceptors (Lipinski definition) is 6. The molecule has 3 aromatic rings. The van der Waals surface area contributed by atoms with Crippen LogP contribution in [0.1, 0.15) is 17.4 Å². The van der Waals surface area contributed by atoms with Crippen LogP contribution in [-0.2, 0) is 11.2 Å².